The molecule has 3 nitrogen and oxygen atoms in total. The second kappa shape index (κ2) is 3.94. The largest absolute Gasteiger partial charge is 0.307 e. The first-order chi connectivity index (χ1) is 8.36. The van der Waals surface area contributed by atoms with Crippen LogP contribution in [-0.4, -0.2) is 14.8 Å². The number of aromatic nitrogens is 3. The number of aromatic amines is 1. The molecule has 0 atom stereocenters. The van der Waals surface area contributed by atoms with Gasteiger partial charge in [-0.25, -0.2) is 0 Å². The van der Waals surface area contributed by atoms with Crippen molar-refractivity contribution in [2.75, 3.05) is 0 Å². The average molecular weight is 223 g/mol. The SMILES string of the molecule is Cc1[nH]nc(-n2cccc2)c1-c1ccccc1. The maximum atomic E-state index is 4.37. The lowest BCUT2D eigenvalue weighted by Gasteiger charge is -2.04. The normalized spacial score (nSPS) is 10.6. The molecule has 3 heteroatoms. The van der Waals surface area contributed by atoms with Crippen molar-refractivity contribution in [3.63, 3.8) is 0 Å². The Kier molecular flexibility index (Phi) is 2.29. The van der Waals surface area contributed by atoms with E-state index in [1.807, 2.05) is 54.2 Å². The van der Waals surface area contributed by atoms with Crippen molar-refractivity contribution in [3.05, 3.63) is 60.6 Å². The second-order valence-electron chi connectivity index (χ2n) is 4.00. The molecule has 0 aliphatic heterocycles. The van der Waals surface area contributed by atoms with E-state index in [1.54, 1.807) is 0 Å². The van der Waals surface area contributed by atoms with Gasteiger partial charge in [-0.1, -0.05) is 30.3 Å². The molecule has 1 N–H and O–H groups in total. The van der Waals surface area contributed by atoms with Gasteiger partial charge in [-0.15, -0.1) is 0 Å². The third-order valence-electron chi connectivity index (χ3n) is 2.84. The van der Waals surface area contributed by atoms with Crippen LogP contribution in [0, 0.1) is 6.92 Å². The van der Waals surface area contributed by atoms with E-state index >= 15 is 0 Å². The molecule has 0 saturated heterocycles. The first-order valence-corrected chi connectivity index (χ1v) is 5.60. The zero-order chi connectivity index (χ0) is 11.7. The van der Waals surface area contributed by atoms with Crippen molar-refractivity contribution in [2.24, 2.45) is 0 Å². The lowest BCUT2D eigenvalue weighted by molar-refractivity contribution is 0.956. The molecular formula is C14H13N3. The number of aryl methyl sites for hydroxylation is 1. The first-order valence-electron chi connectivity index (χ1n) is 5.60. The van der Waals surface area contributed by atoms with Crippen molar-refractivity contribution >= 4 is 0 Å². The van der Waals surface area contributed by atoms with Crippen molar-refractivity contribution < 1.29 is 0 Å². The Labute approximate surface area is 99.7 Å². The highest BCUT2D eigenvalue weighted by Crippen LogP contribution is 2.27. The molecule has 0 saturated carbocycles. The number of hydrogen-bond donors (Lipinski definition) is 1. The number of nitrogens with zero attached hydrogens (tertiary/aromatic N) is 2. The van der Waals surface area contributed by atoms with E-state index in [-0.39, 0.29) is 0 Å². The summed E-state index contributed by atoms with van der Waals surface area (Å²) >= 11 is 0. The summed E-state index contributed by atoms with van der Waals surface area (Å²) in [4.78, 5) is 0. The lowest BCUT2D eigenvalue weighted by atomic mass is 10.1. The summed E-state index contributed by atoms with van der Waals surface area (Å²) < 4.78 is 2.02. The fraction of sp³-hybridized carbons (Fsp3) is 0.0714. The minimum absolute atomic E-state index is 0.943. The lowest BCUT2D eigenvalue weighted by Crippen LogP contribution is -1.93. The molecule has 84 valence electrons. The Morgan fingerprint density at radius 2 is 1.71 bits per heavy atom. The van der Waals surface area contributed by atoms with Crippen LogP contribution in [0.5, 0.6) is 0 Å². The van der Waals surface area contributed by atoms with Gasteiger partial charge >= 0.3 is 0 Å². The molecule has 0 bridgehead atoms. The van der Waals surface area contributed by atoms with Gasteiger partial charge in [0.1, 0.15) is 0 Å². The summed E-state index contributed by atoms with van der Waals surface area (Å²) in [5.74, 6) is 0.943. The molecule has 2 heterocycles. The first kappa shape index (κ1) is 9.90. The molecule has 1 aromatic carbocycles. The Balaban J connectivity index is 2.20. The van der Waals surface area contributed by atoms with Crippen LogP contribution in [0.15, 0.2) is 54.9 Å². The van der Waals surface area contributed by atoms with Crippen molar-refractivity contribution in [2.45, 2.75) is 6.92 Å². The molecule has 0 spiro atoms. The predicted octanol–water partition coefficient (Wildman–Crippen LogP) is 3.18. The summed E-state index contributed by atoms with van der Waals surface area (Å²) in [5, 5.41) is 7.43. The minimum Gasteiger partial charge on any atom is -0.307 e. The maximum absolute atomic E-state index is 4.37. The standard InChI is InChI=1S/C14H13N3/c1-11-13(12-7-3-2-4-8-12)14(16-15-11)17-9-5-6-10-17/h2-10H,1H3,(H,15,16). The highest BCUT2D eigenvalue weighted by atomic mass is 15.2. The van der Waals surface area contributed by atoms with Crippen LogP contribution in [-0.2, 0) is 0 Å². The number of benzene rings is 1. The van der Waals surface area contributed by atoms with Crippen LogP contribution in [0.25, 0.3) is 16.9 Å². The van der Waals surface area contributed by atoms with E-state index in [2.05, 4.69) is 22.3 Å². The summed E-state index contributed by atoms with van der Waals surface area (Å²) in [6.45, 7) is 2.04. The van der Waals surface area contributed by atoms with Gasteiger partial charge in [0.15, 0.2) is 5.82 Å². The van der Waals surface area contributed by atoms with Gasteiger partial charge in [0.2, 0.25) is 0 Å². The smallest absolute Gasteiger partial charge is 0.166 e. The zero-order valence-electron chi connectivity index (χ0n) is 9.59. The van der Waals surface area contributed by atoms with Gasteiger partial charge in [-0.2, -0.15) is 5.10 Å². The van der Waals surface area contributed by atoms with Crippen LogP contribution in [0.1, 0.15) is 5.69 Å². The van der Waals surface area contributed by atoms with Gasteiger partial charge in [-0.3, -0.25) is 5.10 Å². The summed E-state index contributed by atoms with van der Waals surface area (Å²) in [6, 6.07) is 14.3. The molecule has 17 heavy (non-hydrogen) atoms. The van der Waals surface area contributed by atoms with E-state index in [0.717, 1.165) is 17.1 Å². The fourth-order valence-electron chi connectivity index (χ4n) is 2.03. The number of nitrogens with one attached hydrogen (secondary N) is 1. The number of rotatable bonds is 2. The summed E-state index contributed by atoms with van der Waals surface area (Å²) in [7, 11) is 0. The van der Waals surface area contributed by atoms with E-state index in [1.165, 1.54) is 5.56 Å². The Bertz CT molecular complexity index is 606. The molecule has 0 aliphatic carbocycles. The van der Waals surface area contributed by atoms with Crippen LogP contribution < -0.4 is 0 Å². The van der Waals surface area contributed by atoms with Crippen molar-refractivity contribution in [3.8, 4) is 16.9 Å². The van der Waals surface area contributed by atoms with E-state index in [0.29, 0.717) is 0 Å². The van der Waals surface area contributed by atoms with Gasteiger partial charge in [0.25, 0.3) is 0 Å². The molecule has 0 fully saturated rings. The Morgan fingerprint density at radius 3 is 2.41 bits per heavy atom. The highest BCUT2D eigenvalue weighted by molar-refractivity contribution is 5.73. The quantitative estimate of drug-likeness (QED) is 0.711. The molecule has 0 amide bonds. The maximum Gasteiger partial charge on any atom is 0.166 e. The van der Waals surface area contributed by atoms with Gasteiger partial charge in [0, 0.05) is 23.7 Å². The number of H-pyrrole nitrogens is 1. The molecule has 3 rings (SSSR count). The van der Waals surface area contributed by atoms with Crippen LogP contribution in [0.4, 0.5) is 0 Å². The topological polar surface area (TPSA) is 33.6 Å². The third kappa shape index (κ3) is 1.65. The van der Waals surface area contributed by atoms with Crippen LogP contribution in [0.3, 0.4) is 0 Å². The van der Waals surface area contributed by atoms with Crippen molar-refractivity contribution in [1.29, 1.82) is 0 Å². The molecule has 0 unspecified atom stereocenters. The third-order valence-corrected chi connectivity index (χ3v) is 2.84. The summed E-state index contributed by atoms with van der Waals surface area (Å²) in [5.41, 5.74) is 3.42. The van der Waals surface area contributed by atoms with Gasteiger partial charge < -0.3 is 4.57 Å². The van der Waals surface area contributed by atoms with E-state index in [9.17, 15) is 0 Å². The average Bonchev–Trinajstić information content (AvgIpc) is 2.98. The van der Waals surface area contributed by atoms with Crippen LogP contribution in [0.2, 0.25) is 0 Å². The van der Waals surface area contributed by atoms with Crippen molar-refractivity contribution in [1.82, 2.24) is 14.8 Å². The predicted molar refractivity (Wildman–Crippen MR) is 68.1 cm³/mol. The fourth-order valence-corrected chi connectivity index (χ4v) is 2.03. The molecule has 3 aromatic rings. The summed E-state index contributed by atoms with van der Waals surface area (Å²) in [6.07, 6.45) is 4.00. The Hall–Kier alpha value is -2.29. The van der Waals surface area contributed by atoms with Gasteiger partial charge in [0.05, 0.1) is 0 Å². The molecule has 0 aliphatic rings. The monoisotopic (exact) mass is 223 g/mol. The molecule has 0 radical (unpaired) electrons. The second-order valence-corrected chi connectivity index (χ2v) is 4.00. The molecule has 2 aromatic heterocycles. The highest BCUT2D eigenvalue weighted by Gasteiger charge is 2.12. The number of hydrogen-bond acceptors (Lipinski definition) is 1. The zero-order valence-corrected chi connectivity index (χ0v) is 9.59. The Morgan fingerprint density at radius 1 is 1.00 bits per heavy atom. The van der Waals surface area contributed by atoms with Crippen LogP contribution >= 0.6 is 0 Å². The van der Waals surface area contributed by atoms with E-state index < -0.39 is 0 Å². The van der Waals surface area contributed by atoms with E-state index in [4.69, 9.17) is 0 Å². The minimum atomic E-state index is 0.943. The van der Waals surface area contributed by atoms with Gasteiger partial charge in [-0.05, 0) is 24.6 Å². The molecular weight excluding hydrogens is 210 g/mol.